The highest BCUT2D eigenvalue weighted by Gasteiger charge is 2.64. The third-order valence-corrected chi connectivity index (χ3v) is 11.8. The van der Waals surface area contributed by atoms with E-state index in [0.717, 1.165) is 0 Å². The molecule has 3 aliphatic carbocycles. The number of nitrogens with zero attached hydrogens (tertiary/aromatic N) is 2. The molecule has 14 nitrogen and oxygen atoms in total. The fourth-order valence-electron chi connectivity index (χ4n) is 7.47. The van der Waals surface area contributed by atoms with Crippen LogP contribution in [0, 0.1) is 11.8 Å². The number of phenolic OH excluding ortho intramolecular Hbond substituents is 1. The molecule has 1 saturated carbocycles. The minimum absolute atomic E-state index is 0.0380. The van der Waals surface area contributed by atoms with Crippen LogP contribution in [0.3, 0.4) is 0 Å². The summed E-state index contributed by atoms with van der Waals surface area (Å²) in [5.74, 6) is -8.57. The van der Waals surface area contributed by atoms with Crippen molar-refractivity contribution in [1.29, 1.82) is 0 Å². The molecule has 0 heterocycles. The number of carbonyl (C=O) groups excluding carboxylic acids is 3. The predicted octanol–water partition coefficient (Wildman–Crippen LogP) is 3.41. The van der Waals surface area contributed by atoms with Crippen LogP contribution in [0.5, 0.6) is 5.75 Å². The highest BCUT2D eigenvalue weighted by molar-refractivity contribution is 7.54. The van der Waals surface area contributed by atoms with E-state index in [9.17, 15) is 39.4 Å². The summed E-state index contributed by atoms with van der Waals surface area (Å²) in [4.78, 5) is 43.2. The molecule has 15 heteroatoms. The summed E-state index contributed by atoms with van der Waals surface area (Å²) in [6.45, 7) is 3.50. The number of benzene rings is 2. The quantitative estimate of drug-likeness (QED) is 0.113. The average molecular weight is 699 g/mol. The Kier molecular flexibility index (Phi) is 9.76. The average Bonchev–Trinajstić information content (AvgIpc) is 3.02. The van der Waals surface area contributed by atoms with Crippen molar-refractivity contribution in [1.82, 2.24) is 4.90 Å². The number of nitrogens with two attached hydrogens (primary N) is 1. The lowest BCUT2D eigenvalue weighted by Crippen LogP contribution is -2.65. The topological polar surface area (TPSA) is 212 Å². The van der Waals surface area contributed by atoms with Crippen molar-refractivity contribution in [3.8, 4) is 5.75 Å². The zero-order valence-corrected chi connectivity index (χ0v) is 29.2. The zero-order chi connectivity index (χ0) is 36.2. The molecule has 1 amide bonds. The Hall–Kier alpha value is -4.20. The number of aliphatic hydroxyl groups excluding tert-OH is 2. The monoisotopic (exact) mass is 698 g/mol. The molecule has 5 atom stereocenters. The van der Waals surface area contributed by atoms with E-state index < -0.39 is 77.2 Å². The van der Waals surface area contributed by atoms with E-state index in [1.807, 2.05) is 0 Å². The van der Waals surface area contributed by atoms with Crippen molar-refractivity contribution in [2.75, 3.05) is 51.6 Å². The number of phenols is 1. The summed E-state index contributed by atoms with van der Waals surface area (Å²) in [6, 6.07) is 9.18. The second kappa shape index (κ2) is 13.3. The molecule has 1 fully saturated rings. The van der Waals surface area contributed by atoms with Crippen molar-refractivity contribution in [2.45, 2.75) is 44.1 Å². The van der Waals surface area contributed by atoms with Gasteiger partial charge in [-0.15, -0.1) is 0 Å². The highest BCUT2D eigenvalue weighted by atomic mass is 31.2. The van der Waals surface area contributed by atoms with Gasteiger partial charge >= 0.3 is 7.60 Å². The second-order valence-electron chi connectivity index (χ2n) is 12.8. The first kappa shape index (κ1) is 36.1. The number of amides is 1. The Morgan fingerprint density at radius 1 is 1.08 bits per heavy atom. The van der Waals surface area contributed by atoms with Crippen molar-refractivity contribution >= 4 is 42.2 Å². The maximum Gasteiger partial charge on any atom is 0.357 e. The van der Waals surface area contributed by atoms with E-state index in [1.165, 1.54) is 4.90 Å². The third-order valence-electron chi connectivity index (χ3n) is 9.52. The summed E-state index contributed by atoms with van der Waals surface area (Å²) in [7, 11) is 2.69. The van der Waals surface area contributed by atoms with Gasteiger partial charge in [0.25, 0.3) is 5.91 Å². The first-order valence-electron chi connectivity index (χ1n) is 16.0. The van der Waals surface area contributed by atoms with Crippen LogP contribution in [-0.2, 0) is 34.4 Å². The number of rotatable bonds is 11. The van der Waals surface area contributed by atoms with Gasteiger partial charge in [-0.2, -0.15) is 0 Å². The van der Waals surface area contributed by atoms with E-state index >= 15 is 0 Å². The summed E-state index contributed by atoms with van der Waals surface area (Å²) >= 11 is 0. The van der Waals surface area contributed by atoms with Crippen molar-refractivity contribution in [3.05, 3.63) is 70.0 Å². The lowest BCUT2D eigenvalue weighted by Gasteiger charge is -2.50. The molecule has 0 aromatic heterocycles. The molecule has 0 spiro atoms. The fraction of sp³-hybridized carbons (Fsp3) is 0.441. The van der Waals surface area contributed by atoms with Gasteiger partial charge in [0, 0.05) is 31.3 Å². The number of fused-ring (bicyclic) bond motifs is 3. The van der Waals surface area contributed by atoms with Gasteiger partial charge in [-0.1, -0.05) is 30.3 Å². The number of nitrogens with one attached hydrogen (secondary N) is 1. The maximum absolute atomic E-state index is 14.3. The normalized spacial score (nSPS) is 24.4. The third kappa shape index (κ3) is 5.71. The SMILES string of the molecule is CCOP(=O)(OCC)C(Nc1cc(N(C)C)c2c(c1O)C(O)=C1C(=O)[C@@]3(O)C(O)=C(C(N)=O)C(=O)[C@H](N(C)C)[C@H]3C[C@H]1C2)c1ccccc1. The standard InChI is InChI=1S/C34H43N4O10P/c1-7-47-49(46,48-8-2)33(17-12-10-9-11-13-17)36-21-16-22(37(3)4)19-14-18-15-20-26(38(5)6)29(41)25(32(35)44)31(43)34(20,45)30(42)23(18)28(40)24(19)27(21)39/h9-13,16,18,20,26,33,36,39-40,43,45H,7-8,14-15H2,1-6H3,(H2,35,44)/t18-,20-,26-,33?,34-/m1/s1. The molecule has 0 aliphatic heterocycles. The molecular formula is C34H43N4O10P. The smallest absolute Gasteiger partial charge is 0.357 e. The number of anilines is 2. The van der Waals surface area contributed by atoms with E-state index in [1.54, 1.807) is 83.3 Å². The van der Waals surface area contributed by atoms with Gasteiger partial charge in [0.2, 0.25) is 5.78 Å². The van der Waals surface area contributed by atoms with E-state index in [4.69, 9.17) is 14.8 Å². The number of hydrogen-bond acceptors (Lipinski definition) is 13. The van der Waals surface area contributed by atoms with Gasteiger partial charge in [-0.3, -0.25) is 23.8 Å². The van der Waals surface area contributed by atoms with Crippen molar-refractivity contribution in [2.24, 2.45) is 17.6 Å². The summed E-state index contributed by atoms with van der Waals surface area (Å²) in [5.41, 5.74) is 2.99. The summed E-state index contributed by atoms with van der Waals surface area (Å²) in [6.07, 6.45) is 0.0652. The number of aromatic hydroxyl groups is 1. The van der Waals surface area contributed by atoms with Crippen LogP contribution in [0.2, 0.25) is 0 Å². The van der Waals surface area contributed by atoms with Gasteiger partial charge in [0.05, 0.1) is 30.5 Å². The van der Waals surface area contributed by atoms with Gasteiger partial charge in [-0.05, 0) is 63.9 Å². The number of aliphatic hydroxyl groups is 3. The van der Waals surface area contributed by atoms with Crippen LogP contribution in [0.15, 0.2) is 53.3 Å². The molecule has 7 N–H and O–H groups in total. The Morgan fingerprint density at radius 3 is 2.22 bits per heavy atom. The van der Waals surface area contributed by atoms with Crippen LogP contribution in [0.25, 0.3) is 5.76 Å². The largest absolute Gasteiger partial charge is 0.508 e. The van der Waals surface area contributed by atoms with Gasteiger partial charge in [0.1, 0.15) is 22.8 Å². The zero-order valence-electron chi connectivity index (χ0n) is 28.3. The lowest BCUT2D eigenvalue weighted by molar-refractivity contribution is -0.153. The van der Waals surface area contributed by atoms with Crippen LogP contribution in [0.1, 0.15) is 42.7 Å². The van der Waals surface area contributed by atoms with Crippen LogP contribution >= 0.6 is 7.60 Å². The van der Waals surface area contributed by atoms with Crippen LogP contribution < -0.4 is 16.0 Å². The molecule has 0 saturated heterocycles. The first-order valence-corrected chi connectivity index (χ1v) is 17.6. The van der Waals surface area contributed by atoms with Crippen LogP contribution in [0.4, 0.5) is 11.4 Å². The predicted molar refractivity (Wildman–Crippen MR) is 182 cm³/mol. The molecule has 49 heavy (non-hydrogen) atoms. The molecule has 0 bridgehead atoms. The Balaban J connectivity index is 1.72. The van der Waals surface area contributed by atoms with Crippen molar-refractivity contribution < 1.29 is 48.4 Å². The van der Waals surface area contributed by atoms with Gasteiger partial charge in [-0.25, -0.2) is 0 Å². The van der Waals surface area contributed by atoms with Gasteiger partial charge < -0.3 is 45.4 Å². The Morgan fingerprint density at radius 2 is 1.69 bits per heavy atom. The summed E-state index contributed by atoms with van der Waals surface area (Å²) < 4.78 is 25.6. The number of carbonyl (C=O) groups is 3. The number of Topliss-reactive ketones (excluding diaryl/α,β-unsaturated/α-hetero) is 2. The van der Waals surface area contributed by atoms with E-state index in [-0.39, 0.29) is 42.9 Å². The van der Waals surface area contributed by atoms with Crippen LogP contribution in [-0.4, -0.2) is 95.8 Å². The van der Waals surface area contributed by atoms with Gasteiger partial charge in [0.15, 0.2) is 17.2 Å². The molecule has 264 valence electrons. The molecule has 2 aromatic carbocycles. The minimum Gasteiger partial charge on any atom is -0.508 e. The molecule has 0 radical (unpaired) electrons. The minimum atomic E-state index is -3.92. The molecular weight excluding hydrogens is 655 g/mol. The maximum atomic E-state index is 14.3. The van der Waals surface area contributed by atoms with E-state index in [2.05, 4.69) is 5.32 Å². The number of hydrogen-bond donors (Lipinski definition) is 6. The number of likely N-dealkylation sites (N-methyl/N-ethyl adjacent to an activating group) is 1. The lowest BCUT2D eigenvalue weighted by atomic mass is 9.57. The van der Waals surface area contributed by atoms with Crippen molar-refractivity contribution in [3.63, 3.8) is 0 Å². The first-order chi connectivity index (χ1) is 23.0. The molecule has 2 aromatic rings. The second-order valence-corrected chi connectivity index (χ2v) is 14.9. The molecule has 5 rings (SSSR count). The Bertz CT molecular complexity index is 1800. The van der Waals surface area contributed by atoms with E-state index in [0.29, 0.717) is 16.8 Å². The number of ketones is 2. The fourth-order valence-corrected chi connectivity index (χ4v) is 9.40. The highest BCUT2D eigenvalue weighted by Crippen LogP contribution is 2.62. The molecule has 3 aliphatic rings. The number of primary amides is 1. The molecule has 1 unspecified atom stereocenters. The summed E-state index contributed by atoms with van der Waals surface area (Å²) in [5, 5.41) is 49.9. The Labute approximate surface area is 284 Å².